The first-order chi connectivity index (χ1) is 14.2. The number of cyclic esters (lactones) is 1. The number of benzene rings is 1. The number of nitrogens with one attached hydrogen (secondary N) is 2. The Bertz CT molecular complexity index is 1040. The molecule has 3 rings (SSSR count). The molecule has 1 atom stereocenters. The van der Waals surface area contributed by atoms with E-state index in [4.69, 9.17) is 18.5 Å². The van der Waals surface area contributed by atoms with E-state index in [1.54, 1.807) is 0 Å². The van der Waals surface area contributed by atoms with Gasteiger partial charge < -0.3 is 19.9 Å². The van der Waals surface area contributed by atoms with E-state index in [-0.39, 0.29) is 23.9 Å². The first-order valence-electron chi connectivity index (χ1n) is 11.4. The highest BCUT2D eigenvalue weighted by Crippen LogP contribution is 2.21. The van der Waals surface area contributed by atoms with Gasteiger partial charge in [-0.15, -0.1) is 0 Å². The Kier molecular flexibility index (Phi) is 1.76. The first kappa shape index (κ1) is 6.40. The maximum Gasteiger partial charge on any atom is 0.407 e. The molecule has 2 heterocycles. The Morgan fingerprint density at radius 3 is 3.33 bits per heavy atom. The fourth-order valence-corrected chi connectivity index (χ4v) is 2.08. The number of ether oxygens (including phenoxy) is 1. The van der Waals surface area contributed by atoms with Crippen molar-refractivity contribution in [1.82, 2.24) is 15.2 Å². The maximum absolute atomic E-state index is 11.5. The van der Waals surface area contributed by atoms with E-state index in [0.29, 0.717) is 10.9 Å². The van der Waals surface area contributed by atoms with Crippen molar-refractivity contribution in [2.75, 3.05) is 27.2 Å². The van der Waals surface area contributed by atoms with Crippen LogP contribution in [0.15, 0.2) is 24.3 Å². The molecule has 1 aromatic heterocycles. The molecule has 0 radical (unpaired) electrons. The molecule has 0 unspecified atom stereocenters. The molecule has 0 saturated carbocycles. The molecule has 5 nitrogen and oxygen atoms in total. The van der Waals surface area contributed by atoms with Crippen LogP contribution in [0.5, 0.6) is 0 Å². The number of hydrogen-bond donors (Lipinski definition) is 2. The quantitative estimate of drug-likeness (QED) is 0.886. The minimum absolute atomic E-state index is 0.0543. The highest BCUT2D eigenvalue weighted by atomic mass is 16.6. The van der Waals surface area contributed by atoms with Crippen molar-refractivity contribution in [3.05, 3.63) is 35.5 Å². The second kappa shape index (κ2) is 5.77. The number of rotatable bonds is 5. The molecule has 2 aromatic rings. The Labute approximate surface area is 138 Å². The lowest BCUT2D eigenvalue weighted by Crippen LogP contribution is -2.28. The molecule has 1 fully saturated rings. The van der Waals surface area contributed by atoms with Crippen LogP contribution in [0.4, 0.5) is 4.79 Å². The molecule has 0 spiro atoms. The van der Waals surface area contributed by atoms with Gasteiger partial charge >= 0.3 is 6.09 Å². The van der Waals surface area contributed by atoms with Crippen LogP contribution in [0.1, 0.15) is 22.1 Å². The van der Waals surface area contributed by atoms with E-state index in [2.05, 4.69) is 0 Å². The highest BCUT2D eigenvalue weighted by Gasteiger charge is 2.22. The average molecular weight is 297 g/mol. The molecule has 5 heteroatoms. The van der Waals surface area contributed by atoms with Crippen LogP contribution in [0, 0.1) is 0 Å². The molecule has 1 aliphatic heterocycles. The van der Waals surface area contributed by atoms with Crippen LogP contribution in [0.3, 0.4) is 0 Å². The van der Waals surface area contributed by atoms with Crippen LogP contribution in [0.25, 0.3) is 10.9 Å². The van der Waals surface area contributed by atoms with Crippen molar-refractivity contribution in [2.45, 2.75) is 18.8 Å². The molecule has 21 heavy (non-hydrogen) atoms. The maximum atomic E-state index is 11.5. The molecular weight excluding hydrogens is 266 g/mol. The van der Waals surface area contributed by atoms with Crippen LogP contribution < -0.4 is 5.31 Å². The summed E-state index contributed by atoms with van der Waals surface area (Å²) < 4.78 is 85.0. The number of amides is 1. The minimum atomic E-state index is -2.55. The fraction of sp³-hybridized carbons (Fsp3) is 0.438. The van der Waals surface area contributed by atoms with Gasteiger partial charge in [-0.25, -0.2) is 4.79 Å². The summed E-state index contributed by atoms with van der Waals surface area (Å²) in [4.78, 5) is 13.5. The van der Waals surface area contributed by atoms with E-state index in [0.717, 1.165) is 9.88 Å². The molecule has 2 N–H and O–H groups in total. The van der Waals surface area contributed by atoms with Gasteiger partial charge in [0.2, 0.25) is 0 Å². The number of H-pyrrole nitrogens is 1. The number of nitrogens with zero attached hydrogens (tertiary/aromatic N) is 1. The third kappa shape index (κ3) is 3.19. The SMILES string of the molecule is [2H]c1c(C([2H])([2H])[C@H]2COC(=O)N2[2H])c([2H])c2c(CCN(C)C([2H])([2H])[2H])cn([2H])c2c1[2H]. The fourth-order valence-electron chi connectivity index (χ4n) is 2.08. The van der Waals surface area contributed by atoms with Crippen LogP contribution in [-0.2, 0) is 17.5 Å². The summed E-state index contributed by atoms with van der Waals surface area (Å²) in [5.41, 5.74) is -0.192. The van der Waals surface area contributed by atoms with Crippen molar-refractivity contribution < 1.29 is 23.3 Å². The van der Waals surface area contributed by atoms with E-state index in [1.165, 1.54) is 13.2 Å². The number of carbonyl (C=O) groups excluding carboxylic acids is 1. The summed E-state index contributed by atoms with van der Waals surface area (Å²) in [5.74, 6) is 0. The molecular formula is C16H21N3O2. The summed E-state index contributed by atoms with van der Waals surface area (Å²) in [6.07, 6.45) is -2.18. The van der Waals surface area contributed by atoms with Gasteiger partial charge in [0, 0.05) is 30.5 Å². The number of aromatic amines is 1. The predicted molar refractivity (Wildman–Crippen MR) is 82.5 cm³/mol. The van der Waals surface area contributed by atoms with Crippen molar-refractivity contribution in [3.63, 3.8) is 0 Å². The Morgan fingerprint density at radius 1 is 1.67 bits per heavy atom. The monoisotopic (exact) mass is 297 g/mol. The lowest BCUT2D eigenvalue weighted by Gasteiger charge is -2.09. The number of alkyl carbamates (subject to hydrolysis) is 1. The smallest absolute Gasteiger partial charge is 0.407 e. The molecule has 1 amide bonds. The normalized spacial score (nSPS) is 26.9. The zero-order valence-electron chi connectivity index (χ0n) is 21.4. The Balaban J connectivity index is 2.15. The Hall–Kier alpha value is -2.01. The largest absolute Gasteiger partial charge is 0.447 e. The Morgan fingerprint density at radius 2 is 2.57 bits per heavy atom. The third-order valence-electron chi connectivity index (χ3n) is 3.12. The van der Waals surface area contributed by atoms with Crippen molar-refractivity contribution in [2.24, 2.45) is 0 Å². The average Bonchev–Trinajstić information content (AvgIpc) is 3.17. The summed E-state index contributed by atoms with van der Waals surface area (Å²) in [6.45, 7) is -2.73. The van der Waals surface area contributed by atoms with E-state index >= 15 is 0 Å². The summed E-state index contributed by atoms with van der Waals surface area (Å²) >= 11 is 0. The standard InChI is InChI=1S/C16H21N3O2/c1-19(2)6-5-12-9-17-15-4-3-11(8-14(12)15)7-13-10-21-16(20)18-13/h3-4,8-9,13,17H,5-7,10H2,1-2H3,(H,18,20)/t13-/m0/s1/i1D3,3D,4D,7D2,8D/hD2. The number of carbonyl (C=O) groups is 1. The first-order valence-corrected chi connectivity index (χ1v) is 6.49. The highest BCUT2D eigenvalue weighted by molar-refractivity contribution is 5.84. The third-order valence-corrected chi connectivity index (χ3v) is 3.12. The number of hydrogen-bond acceptors (Lipinski definition) is 3. The summed E-state index contributed by atoms with van der Waals surface area (Å²) in [6, 6.07) is -2.95. The van der Waals surface area contributed by atoms with E-state index < -0.39 is 55.8 Å². The molecule has 0 aliphatic carbocycles. The second-order valence-corrected chi connectivity index (χ2v) is 4.79. The predicted octanol–water partition coefficient (Wildman–Crippen LogP) is 1.92. The lowest BCUT2D eigenvalue weighted by molar-refractivity contribution is 0.177. The van der Waals surface area contributed by atoms with Gasteiger partial charge in [0.1, 0.15) is 6.61 Å². The zero-order chi connectivity index (χ0) is 23.5. The molecule has 1 saturated heterocycles. The van der Waals surface area contributed by atoms with Crippen LogP contribution >= 0.6 is 0 Å². The molecule has 0 bridgehead atoms. The zero-order valence-corrected chi connectivity index (χ0v) is 11.4. The van der Waals surface area contributed by atoms with Crippen molar-refractivity contribution in [1.29, 1.82) is 0 Å². The van der Waals surface area contributed by atoms with Gasteiger partial charge in [-0.05, 0) is 50.0 Å². The number of fused-ring (bicyclic) bond motifs is 1. The molecule has 112 valence electrons. The summed E-state index contributed by atoms with van der Waals surface area (Å²) in [5, 5.41) is 0.379. The van der Waals surface area contributed by atoms with Gasteiger partial charge in [-0.1, -0.05) is 6.04 Å². The van der Waals surface area contributed by atoms with Gasteiger partial charge in [0.15, 0.2) is 2.82 Å². The van der Waals surface area contributed by atoms with Crippen LogP contribution in [-0.4, -0.2) is 49.2 Å². The summed E-state index contributed by atoms with van der Waals surface area (Å²) in [7, 11) is 1.40. The topological polar surface area (TPSA) is 57.4 Å². The second-order valence-electron chi connectivity index (χ2n) is 4.79. The van der Waals surface area contributed by atoms with Crippen molar-refractivity contribution >= 4 is 17.0 Å². The van der Waals surface area contributed by atoms with Crippen molar-refractivity contribution in [3.8, 4) is 0 Å². The van der Waals surface area contributed by atoms with Gasteiger partial charge in [-0.3, -0.25) is 0 Å². The van der Waals surface area contributed by atoms with E-state index in [1.807, 2.05) is 0 Å². The van der Waals surface area contributed by atoms with Crippen LogP contribution in [0.2, 0.25) is 2.82 Å². The van der Waals surface area contributed by atoms with Gasteiger partial charge in [-0.2, -0.15) is 0 Å². The minimum Gasteiger partial charge on any atom is -0.447 e. The number of aromatic nitrogens is 1. The lowest BCUT2D eigenvalue weighted by atomic mass is 10.0. The number of likely N-dealkylation sites (N-methyl/N-ethyl adjacent to an activating group) is 1. The van der Waals surface area contributed by atoms with Gasteiger partial charge in [0.25, 0.3) is 0 Å². The molecule has 1 aliphatic rings. The van der Waals surface area contributed by atoms with E-state index in [9.17, 15) is 4.79 Å². The van der Waals surface area contributed by atoms with Gasteiger partial charge in [0.05, 0.1) is 10.2 Å². The molecule has 1 aromatic carbocycles.